The molecule has 7 heteroatoms. The summed E-state index contributed by atoms with van der Waals surface area (Å²) in [5.41, 5.74) is 4.17. The van der Waals surface area contributed by atoms with Gasteiger partial charge >= 0.3 is 0 Å². The fraction of sp³-hybridized carbons (Fsp3) is 0.676. The van der Waals surface area contributed by atoms with Crippen LogP contribution in [0.4, 0.5) is 0 Å². The van der Waals surface area contributed by atoms with Crippen molar-refractivity contribution in [2.24, 2.45) is 23.2 Å². The maximum atomic E-state index is 10.2. The number of hydrogen-bond donors (Lipinski definition) is 1. The minimum atomic E-state index is 0.0903. The van der Waals surface area contributed by atoms with Gasteiger partial charge in [-0.2, -0.15) is 0 Å². The number of phenols is 1. The molecule has 5 rings (SSSR count). The number of fused-ring (bicyclic) bond motifs is 5. The van der Waals surface area contributed by atoms with E-state index in [1.165, 1.54) is 42.4 Å². The number of benzene rings is 2. The summed E-state index contributed by atoms with van der Waals surface area (Å²) in [5.74, 6) is 2.93. The molecule has 0 amide bonds. The second kappa shape index (κ2) is 17.1. The van der Waals surface area contributed by atoms with E-state index >= 15 is 0 Å². The van der Waals surface area contributed by atoms with Crippen LogP contribution in [0.25, 0.3) is 0 Å². The molecule has 0 saturated heterocycles. The first-order chi connectivity index (χ1) is 21.6. The first-order valence-corrected chi connectivity index (χ1v) is 17.0. The van der Waals surface area contributed by atoms with Gasteiger partial charge in [-0.3, -0.25) is 0 Å². The summed E-state index contributed by atoms with van der Waals surface area (Å²) in [6, 6.07) is 16.2. The van der Waals surface area contributed by atoms with Gasteiger partial charge in [0.2, 0.25) is 0 Å². The molecule has 3 aliphatic carbocycles. The van der Waals surface area contributed by atoms with Gasteiger partial charge in [-0.25, -0.2) is 0 Å². The lowest BCUT2D eigenvalue weighted by atomic mass is 9.52. The van der Waals surface area contributed by atoms with E-state index in [1.54, 1.807) is 0 Å². The van der Waals surface area contributed by atoms with E-state index in [4.69, 9.17) is 28.8 Å². The van der Waals surface area contributed by atoms with E-state index in [1.807, 2.05) is 30.3 Å². The number of ether oxygens (including phenoxy) is 5. The van der Waals surface area contributed by atoms with Gasteiger partial charge in [0.15, 0.2) is 6.10 Å². The molecule has 244 valence electrons. The van der Waals surface area contributed by atoms with Crippen molar-refractivity contribution in [3.63, 3.8) is 0 Å². The topological polar surface area (TPSA) is 89.3 Å². The molecule has 2 fully saturated rings. The molecule has 0 unspecified atom stereocenters. The molecule has 44 heavy (non-hydrogen) atoms. The number of phenolic OH excluding ortho intramolecular Hbond substituents is 1. The Morgan fingerprint density at radius 2 is 1.43 bits per heavy atom. The lowest BCUT2D eigenvalue weighted by Crippen LogP contribution is -2.47. The zero-order valence-electron chi connectivity index (χ0n) is 26.7. The van der Waals surface area contributed by atoms with Crippen LogP contribution in [0.5, 0.6) is 5.75 Å². The smallest absolute Gasteiger partial charge is 0.159 e. The predicted octanol–water partition coefficient (Wildman–Crippen LogP) is 6.02. The fourth-order valence-electron chi connectivity index (χ4n) is 8.31. The van der Waals surface area contributed by atoms with Crippen LogP contribution in [0.15, 0.2) is 48.5 Å². The highest BCUT2D eigenvalue weighted by atomic mass is 16.6. The molecule has 0 radical (unpaired) electrons. The van der Waals surface area contributed by atoms with Gasteiger partial charge in [0, 0.05) is 18.4 Å². The molecule has 0 aliphatic heterocycles. The van der Waals surface area contributed by atoms with Gasteiger partial charge in [-0.1, -0.05) is 49.7 Å². The van der Waals surface area contributed by atoms with E-state index in [-0.39, 0.29) is 11.5 Å². The summed E-state index contributed by atoms with van der Waals surface area (Å²) < 4.78 is 28.2. The third-order valence-corrected chi connectivity index (χ3v) is 10.6. The molecule has 3 N–H and O–H groups in total. The second-order valence-electron chi connectivity index (χ2n) is 13.3. The molecule has 3 aliphatic rings. The van der Waals surface area contributed by atoms with Crippen molar-refractivity contribution in [3.05, 3.63) is 65.2 Å². The normalized spacial score (nSPS) is 27.5. The maximum absolute atomic E-state index is 10.2. The Balaban J connectivity index is 0.887. The molecule has 2 saturated carbocycles. The molecule has 0 aromatic heterocycles. The van der Waals surface area contributed by atoms with Crippen LogP contribution in [-0.4, -0.2) is 75.8 Å². The summed E-state index contributed by atoms with van der Waals surface area (Å²) >= 11 is 0. The average Bonchev–Trinajstić information content (AvgIpc) is 3.34. The maximum Gasteiger partial charge on any atom is 0.159 e. The largest absolute Gasteiger partial charge is 0.508 e. The molecule has 6 atom stereocenters. The monoisotopic (exact) mass is 611 g/mol. The summed E-state index contributed by atoms with van der Waals surface area (Å²) in [5, 5.41) is 19.0. The van der Waals surface area contributed by atoms with Crippen molar-refractivity contribution in [1.82, 2.24) is 0 Å². The number of rotatable bonds is 19. The molecule has 7 nitrogen and oxygen atoms in total. The first-order valence-electron chi connectivity index (χ1n) is 17.0. The lowest BCUT2D eigenvalue weighted by Gasteiger charge is -2.52. The average molecular weight is 612 g/mol. The van der Waals surface area contributed by atoms with Crippen LogP contribution >= 0.6 is 0 Å². The molecule has 0 heterocycles. The van der Waals surface area contributed by atoms with Gasteiger partial charge in [-0.15, -0.1) is 0 Å². The molecule has 2 aromatic rings. The first kappa shape index (κ1) is 33.4. The standard InChI is InChI=1S/C37H54O7/c1-37-15-14-33-32-11-10-31(38)26-30(32)25-29(36(33)34(37)12-13-35(37)39)9-5-6-16-40-17-18-41-19-20-42-21-22-43-23-24-44-27-28-7-3-2-4-8-28/h2-4,7-8,10-11,26,29,33-36,38-39H,5-6,9,12-25,27H2,1H3/p+1/t29-,33-,34+,35+,36-,37+/m1/s1. The molecular weight excluding hydrogens is 556 g/mol. The SMILES string of the molecule is C[C@]12CC[C@@H]3c4ccc(O)cc4C[C@@H](CCCCOCCOCCOCCOCCOCc4ccccc4)[C@H]3[C@@H]1CC[C@@H]2[OH2+]. The molecular formula is C37H55O7+. The van der Waals surface area contributed by atoms with Gasteiger partial charge in [-0.05, 0) is 91.0 Å². The molecule has 2 aromatic carbocycles. The van der Waals surface area contributed by atoms with Crippen molar-refractivity contribution in [2.45, 2.75) is 76.9 Å². The molecule has 0 bridgehead atoms. The Morgan fingerprint density at radius 3 is 2.14 bits per heavy atom. The predicted molar refractivity (Wildman–Crippen MR) is 172 cm³/mol. The number of aromatic hydroxyl groups is 1. The van der Waals surface area contributed by atoms with Crippen LogP contribution in [-0.2, 0) is 36.7 Å². The van der Waals surface area contributed by atoms with Gasteiger partial charge in [0.1, 0.15) is 5.75 Å². The van der Waals surface area contributed by atoms with Gasteiger partial charge < -0.3 is 33.9 Å². The van der Waals surface area contributed by atoms with Crippen molar-refractivity contribution in [1.29, 1.82) is 0 Å². The van der Waals surface area contributed by atoms with Crippen molar-refractivity contribution in [3.8, 4) is 5.75 Å². The lowest BCUT2D eigenvalue weighted by molar-refractivity contribution is -0.0399. The summed E-state index contributed by atoms with van der Waals surface area (Å²) in [7, 11) is 0. The highest BCUT2D eigenvalue weighted by Crippen LogP contribution is 2.62. The summed E-state index contributed by atoms with van der Waals surface area (Å²) in [6.07, 6.45) is 9.20. The Bertz CT molecular complexity index is 1110. The van der Waals surface area contributed by atoms with Crippen LogP contribution in [0.1, 0.15) is 74.5 Å². The van der Waals surface area contributed by atoms with Gasteiger partial charge in [0.05, 0.1) is 59.5 Å². The van der Waals surface area contributed by atoms with E-state index in [0.717, 1.165) is 32.3 Å². The summed E-state index contributed by atoms with van der Waals surface area (Å²) in [6.45, 7) is 8.34. The Hall–Kier alpha value is -2.00. The van der Waals surface area contributed by atoms with Crippen molar-refractivity contribution in [2.75, 3.05) is 59.5 Å². The van der Waals surface area contributed by atoms with E-state index in [2.05, 4.69) is 25.1 Å². The van der Waals surface area contributed by atoms with Crippen molar-refractivity contribution >= 4 is 0 Å². The van der Waals surface area contributed by atoms with Crippen LogP contribution < -0.4 is 0 Å². The van der Waals surface area contributed by atoms with Crippen molar-refractivity contribution < 1.29 is 33.9 Å². The third-order valence-electron chi connectivity index (χ3n) is 10.6. The minimum Gasteiger partial charge on any atom is -0.508 e. The minimum absolute atomic E-state index is 0.0903. The Morgan fingerprint density at radius 1 is 0.773 bits per heavy atom. The summed E-state index contributed by atoms with van der Waals surface area (Å²) in [4.78, 5) is 0. The van der Waals surface area contributed by atoms with E-state index < -0.39 is 0 Å². The second-order valence-corrected chi connectivity index (χ2v) is 13.3. The highest BCUT2D eigenvalue weighted by molar-refractivity contribution is 5.40. The third kappa shape index (κ3) is 8.83. The quantitative estimate of drug-likeness (QED) is 0.154. The van der Waals surface area contributed by atoms with Crippen LogP contribution in [0, 0.1) is 23.2 Å². The Labute approximate surface area is 264 Å². The van der Waals surface area contributed by atoms with Crippen LogP contribution in [0.2, 0.25) is 0 Å². The number of hydrogen-bond acceptors (Lipinski definition) is 6. The zero-order valence-corrected chi connectivity index (χ0v) is 26.7. The number of unbranched alkanes of at least 4 members (excludes halogenated alkanes) is 1. The van der Waals surface area contributed by atoms with Crippen LogP contribution in [0.3, 0.4) is 0 Å². The van der Waals surface area contributed by atoms with E-state index in [9.17, 15) is 5.11 Å². The fourth-order valence-corrected chi connectivity index (χ4v) is 8.31. The zero-order chi connectivity index (χ0) is 30.6. The Kier molecular flexibility index (Phi) is 12.9. The van der Waals surface area contributed by atoms with E-state index in [0.29, 0.717) is 88.9 Å². The van der Waals surface area contributed by atoms with Gasteiger partial charge in [0.25, 0.3) is 0 Å². The highest BCUT2D eigenvalue weighted by Gasteiger charge is 2.58. The molecule has 0 spiro atoms.